The van der Waals surface area contributed by atoms with Crippen LogP contribution in [-0.2, 0) is 11.2 Å². The van der Waals surface area contributed by atoms with Gasteiger partial charge in [0.2, 0.25) is 0 Å². The fourth-order valence-corrected chi connectivity index (χ4v) is 3.77. The Morgan fingerprint density at radius 3 is 2.51 bits per heavy atom. The van der Waals surface area contributed by atoms with Crippen molar-refractivity contribution in [2.45, 2.75) is 33.1 Å². The molecule has 35 heavy (non-hydrogen) atoms. The van der Waals surface area contributed by atoms with E-state index in [0.29, 0.717) is 23.9 Å². The number of benzene rings is 3. The van der Waals surface area contributed by atoms with Crippen molar-refractivity contribution in [3.8, 4) is 17.2 Å². The lowest BCUT2D eigenvalue weighted by atomic mass is 10.0. The van der Waals surface area contributed by atoms with Crippen LogP contribution in [0.3, 0.4) is 0 Å². The predicted molar refractivity (Wildman–Crippen MR) is 143 cm³/mol. The maximum atomic E-state index is 12.2. The monoisotopic (exact) mass is 538 g/mol. The zero-order valence-corrected chi connectivity index (χ0v) is 22.1. The highest BCUT2D eigenvalue weighted by Crippen LogP contribution is 2.32. The largest absolute Gasteiger partial charge is 0.493 e. The summed E-state index contributed by atoms with van der Waals surface area (Å²) in [5, 5.41) is 4.04. The Balaban J connectivity index is 1.52. The number of nitrogens with zero attached hydrogens (tertiary/aromatic N) is 1. The minimum atomic E-state index is -0.343. The first-order valence-electron chi connectivity index (χ1n) is 11.5. The Hall–Kier alpha value is -3.32. The minimum Gasteiger partial charge on any atom is -0.493 e. The van der Waals surface area contributed by atoms with Crippen LogP contribution in [0.2, 0.25) is 0 Å². The molecule has 0 bridgehead atoms. The summed E-state index contributed by atoms with van der Waals surface area (Å²) in [6, 6.07) is 19.6. The van der Waals surface area contributed by atoms with Gasteiger partial charge < -0.3 is 14.2 Å². The summed E-state index contributed by atoms with van der Waals surface area (Å²) in [5.41, 5.74) is 6.57. The van der Waals surface area contributed by atoms with Crippen molar-refractivity contribution in [2.75, 3.05) is 20.3 Å². The third kappa shape index (κ3) is 7.86. The molecule has 3 aromatic carbocycles. The van der Waals surface area contributed by atoms with Gasteiger partial charge in [0.05, 0.1) is 19.9 Å². The Morgan fingerprint density at radius 1 is 1.03 bits per heavy atom. The van der Waals surface area contributed by atoms with Crippen LogP contribution < -0.4 is 19.6 Å². The van der Waals surface area contributed by atoms with Crippen LogP contribution in [0.4, 0.5) is 0 Å². The number of rotatable bonds is 11. The summed E-state index contributed by atoms with van der Waals surface area (Å²) in [4.78, 5) is 12.2. The van der Waals surface area contributed by atoms with Gasteiger partial charge in [0, 0.05) is 10.9 Å². The van der Waals surface area contributed by atoms with Crippen molar-refractivity contribution in [1.29, 1.82) is 0 Å². The summed E-state index contributed by atoms with van der Waals surface area (Å²) in [5.74, 6) is 1.88. The van der Waals surface area contributed by atoms with E-state index in [0.717, 1.165) is 27.6 Å². The second-order valence-corrected chi connectivity index (χ2v) is 9.22. The molecule has 3 rings (SSSR count). The first-order chi connectivity index (χ1) is 16.9. The average molecular weight is 539 g/mol. The van der Waals surface area contributed by atoms with E-state index in [1.807, 2.05) is 55.5 Å². The summed E-state index contributed by atoms with van der Waals surface area (Å²) < 4.78 is 18.1. The molecule has 0 aliphatic heterocycles. The van der Waals surface area contributed by atoms with Crippen molar-refractivity contribution < 1.29 is 19.0 Å². The number of methoxy groups -OCH3 is 1. The number of aryl methyl sites for hydroxylation is 1. The second kappa shape index (κ2) is 13.0. The number of ether oxygens (including phenoxy) is 3. The van der Waals surface area contributed by atoms with Crippen molar-refractivity contribution in [2.24, 2.45) is 5.10 Å². The highest BCUT2D eigenvalue weighted by atomic mass is 79.9. The van der Waals surface area contributed by atoms with Crippen molar-refractivity contribution in [1.82, 2.24) is 5.43 Å². The Kier molecular flexibility index (Phi) is 9.73. The molecule has 6 nitrogen and oxygen atoms in total. The van der Waals surface area contributed by atoms with E-state index in [1.54, 1.807) is 13.3 Å². The number of carbonyl (C=O) groups is 1. The molecule has 0 fully saturated rings. The van der Waals surface area contributed by atoms with Crippen LogP contribution >= 0.6 is 15.9 Å². The molecule has 0 aliphatic rings. The van der Waals surface area contributed by atoms with Gasteiger partial charge in [-0.1, -0.05) is 60.1 Å². The summed E-state index contributed by atoms with van der Waals surface area (Å²) in [6.45, 7) is 6.57. The number of carbonyl (C=O) groups excluding carboxylic acids is 1. The smallest absolute Gasteiger partial charge is 0.277 e. The molecule has 1 N–H and O–H groups in total. The van der Waals surface area contributed by atoms with Crippen LogP contribution in [0, 0.1) is 6.92 Å². The van der Waals surface area contributed by atoms with Crippen molar-refractivity contribution in [3.63, 3.8) is 0 Å². The number of halogens is 1. The lowest BCUT2D eigenvalue weighted by molar-refractivity contribution is -0.123. The van der Waals surface area contributed by atoms with Gasteiger partial charge in [-0.15, -0.1) is 0 Å². The van der Waals surface area contributed by atoms with Crippen LogP contribution in [0.15, 0.2) is 70.2 Å². The fraction of sp³-hybridized carbons (Fsp3) is 0.286. The van der Waals surface area contributed by atoms with E-state index in [4.69, 9.17) is 14.2 Å². The lowest BCUT2D eigenvalue weighted by Crippen LogP contribution is -2.25. The lowest BCUT2D eigenvalue weighted by Gasteiger charge is -2.15. The van der Waals surface area contributed by atoms with Crippen molar-refractivity contribution in [3.05, 3.63) is 87.4 Å². The molecular formula is C28H31BrN2O4. The molecule has 7 heteroatoms. The number of amides is 1. The molecule has 0 saturated heterocycles. The fourth-order valence-electron chi connectivity index (χ4n) is 3.41. The molecule has 1 amide bonds. The third-order valence-electron chi connectivity index (χ3n) is 5.35. The first kappa shape index (κ1) is 26.3. The molecule has 3 aromatic rings. The molecule has 0 radical (unpaired) electrons. The standard InChI is InChI=1S/C28H31BrN2O4/c1-19(2)23-16-24(29)20(3)14-26(23)35-18-28(32)31-30-17-22-10-11-25(27(15-22)33-4)34-13-12-21-8-6-5-7-9-21/h5-11,14-17,19H,12-13,18H2,1-4H3,(H,31,32)/b30-17+. The maximum absolute atomic E-state index is 12.2. The van der Waals surface area contributed by atoms with Gasteiger partial charge in [-0.3, -0.25) is 4.79 Å². The predicted octanol–water partition coefficient (Wildman–Crippen LogP) is 6.04. The molecule has 0 unspecified atom stereocenters. The molecular weight excluding hydrogens is 508 g/mol. The third-order valence-corrected chi connectivity index (χ3v) is 6.21. The Morgan fingerprint density at radius 2 is 1.80 bits per heavy atom. The number of hydrogen-bond acceptors (Lipinski definition) is 5. The summed E-state index contributed by atoms with van der Waals surface area (Å²) in [7, 11) is 1.59. The zero-order chi connectivity index (χ0) is 25.2. The zero-order valence-electron chi connectivity index (χ0n) is 20.5. The van der Waals surface area contributed by atoms with Gasteiger partial charge >= 0.3 is 0 Å². The topological polar surface area (TPSA) is 69.2 Å². The summed E-state index contributed by atoms with van der Waals surface area (Å²) in [6.07, 6.45) is 2.36. The molecule has 0 aliphatic carbocycles. The van der Waals surface area contributed by atoms with Gasteiger partial charge in [0.1, 0.15) is 5.75 Å². The highest BCUT2D eigenvalue weighted by Gasteiger charge is 2.12. The number of nitrogens with one attached hydrogen (secondary N) is 1. The van der Waals surface area contributed by atoms with E-state index in [2.05, 4.69) is 52.4 Å². The van der Waals surface area contributed by atoms with Crippen LogP contribution in [-0.4, -0.2) is 32.4 Å². The normalized spacial score (nSPS) is 11.0. The van der Waals surface area contributed by atoms with E-state index in [-0.39, 0.29) is 18.4 Å². The van der Waals surface area contributed by atoms with Crippen molar-refractivity contribution >= 4 is 28.1 Å². The van der Waals surface area contributed by atoms with Crippen LogP contribution in [0.5, 0.6) is 17.2 Å². The summed E-state index contributed by atoms with van der Waals surface area (Å²) >= 11 is 3.55. The van der Waals surface area contributed by atoms with Gasteiger partial charge in [0.15, 0.2) is 18.1 Å². The van der Waals surface area contributed by atoms with Crippen LogP contribution in [0.25, 0.3) is 0 Å². The average Bonchev–Trinajstić information content (AvgIpc) is 2.85. The minimum absolute atomic E-state index is 0.129. The van der Waals surface area contributed by atoms with E-state index >= 15 is 0 Å². The van der Waals surface area contributed by atoms with E-state index < -0.39 is 0 Å². The first-order valence-corrected chi connectivity index (χ1v) is 12.3. The molecule has 184 valence electrons. The highest BCUT2D eigenvalue weighted by molar-refractivity contribution is 9.10. The molecule has 0 spiro atoms. The SMILES string of the molecule is COc1cc(/C=N/NC(=O)COc2cc(C)c(Br)cc2C(C)C)ccc1OCCc1ccccc1. The number of hydrazone groups is 1. The molecule has 0 heterocycles. The Bertz CT molecular complexity index is 1160. The molecule has 0 saturated carbocycles. The number of hydrogen-bond donors (Lipinski definition) is 1. The van der Waals surface area contributed by atoms with Crippen LogP contribution in [0.1, 0.15) is 42.0 Å². The second-order valence-electron chi connectivity index (χ2n) is 8.37. The van der Waals surface area contributed by atoms with Gasteiger partial charge in [-0.25, -0.2) is 5.43 Å². The van der Waals surface area contributed by atoms with Gasteiger partial charge in [-0.2, -0.15) is 5.10 Å². The van der Waals surface area contributed by atoms with Gasteiger partial charge in [-0.05, 0) is 65.4 Å². The maximum Gasteiger partial charge on any atom is 0.277 e. The van der Waals surface area contributed by atoms with Gasteiger partial charge in [0.25, 0.3) is 5.91 Å². The molecule has 0 aromatic heterocycles. The molecule has 0 atom stereocenters. The Labute approximate surface area is 215 Å². The van der Waals surface area contributed by atoms with E-state index in [9.17, 15) is 4.79 Å². The quantitative estimate of drug-likeness (QED) is 0.238. The van der Waals surface area contributed by atoms with E-state index in [1.165, 1.54) is 5.56 Å².